The number of aliphatic hydroxyl groups excluding tert-OH is 1. The van der Waals surface area contributed by atoms with Crippen molar-refractivity contribution in [1.82, 2.24) is 20.5 Å². The van der Waals surface area contributed by atoms with E-state index in [4.69, 9.17) is 16.2 Å². The van der Waals surface area contributed by atoms with Crippen LogP contribution in [0.1, 0.15) is 102 Å². The maximum Gasteiger partial charge on any atom is 0.246 e. The van der Waals surface area contributed by atoms with Crippen LogP contribution >= 0.6 is 23.7 Å². The number of ether oxygens (including phenoxy) is 1. The lowest BCUT2D eigenvalue weighted by molar-refractivity contribution is -0.144. The second kappa shape index (κ2) is 21.0. The number of aliphatic hydroxyl groups is 1. The molecule has 56 heavy (non-hydrogen) atoms. The summed E-state index contributed by atoms with van der Waals surface area (Å²) in [5.41, 5.74) is 16.4. The fourth-order valence-corrected chi connectivity index (χ4v) is 7.43. The smallest absolute Gasteiger partial charge is 0.246 e. The molecule has 4 rings (SSSR count). The van der Waals surface area contributed by atoms with Crippen molar-refractivity contribution in [3.63, 3.8) is 0 Å². The minimum Gasteiger partial charge on any atom is -0.391 e. The molecule has 1 fully saturated rings. The summed E-state index contributed by atoms with van der Waals surface area (Å²) in [4.78, 5) is 58.6. The first kappa shape index (κ1) is 46.4. The number of thiazole rings is 1. The molecule has 0 aliphatic carbocycles. The van der Waals surface area contributed by atoms with Gasteiger partial charge in [0.25, 0.3) is 0 Å². The Bertz CT molecular complexity index is 1790. The van der Waals surface area contributed by atoms with Gasteiger partial charge in [0.05, 0.1) is 40.9 Å². The molecule has 2 heterocycles. The highest BCUT2D eigenvalue weighted by Crippen LogP contribution is 2.30. The number of β-amino-alcohol motifs (C(OH)–C–C–N with tert-alkyl or cyclic N) is 1. The third-order valence-electron chi connectivity index (χ3n) is 10.1. The van der Waals surface area contributed by atoms with Crippen molar-refractivity contribution in [2.24, 2.45) is 16.9 Å². The summed E-state index contributed by atoms with van der Waals surface area (Å²) in [7, 11) is 0. The number of amides is 4. The number of carbonyl (C=O) groups is 4. The minimum atomic E-state index is -0.926. The Balaban J connectivity index is 0.00000841. The number of nitrogens with two attached hydrogens (primary N) is 2. The minimum absolute atomic E-state index is 0. The van der Waals surface area contributed by atoms with Crippen LogP contribution in [0.25, 0.3) is 10.4 Å². The van der Waals surface area contributed by atoms with Gasteiger partial charge >= 0.3 is 0 Å². The predicted molar refractivity (Wildman–Crippen MR) is 218 cm³/mol. The van der Waals surface area contributed by atoms with Crippen LogP contribution in [0.5, 0.6) is 0 Å². The Morgan fingerprint density at radius 3 is 2.38 bits per heavy atom. The van der Waals surface area contributed by atoms with E-state index in [1.54, 1.807) is 24.3 Å². The number of carbonyl (C=O) groups excluding carboxylic acids is 4. The van der Waals surface area contributed by atoms with Crippen molar-refractivity contribution in [2.75, 3.05) is 6.54 Å². The molecule has 1 saturated heterocycles. The normalized spacial score (nSPS) is 17.7. The SMILES string of the molecule is Cc1ncsc1-c1ccc([C@H](C)NC(=O)[C@@H]2C[C@@H](O)CN2C(=O)[C@@H](NC(=O)CCCCc2ccc(CO[C@H](C)[C@@H](N)CCC(N)=O)c(F)c2)C(C)(C)C)cc1.Cl. The van der Waals surface area contributed by atoms with Gasteiger partial charge < -0.3 is 36.8 Å². The van der Waals surface area contributed by atoms with Crippen LogP contribution in [0.3, 0.4) is 0 Å². The van der Waals surface area contributed by atoms with Gasteiger partial charge in [-0.05, 0) is 74.6 Å². The summed E-state index contributed by atoms with van der Waals surface area (Å²) in [6.07, 6.45) is 1.23. The number of nitrogens with zero attached hydrogens (tertiary/aromatic N) is 2. The lowest BCUT2D eigenvalue weighted by Gasteiger charge is -2.35. The van der Waals surface area contributed by atoms with E-state index in [-0.39, 0.29) is 68.8 Å². The van der Waals surface area contributed by atoms with Crippen molar-refractivity contribution in [3.05, 3.63) is 76.2 Å². The van der Waals surface area contributed by atoms with Crippen LogP contribution in [0.4, 0.5) is 4.39 Å². The highest BCUT2D eigenvalue weighted by atomic mass is 35.5. The molecular formula is C41H58ClFN6O6S. The van der Waals surface area contributed by atoms with E-state index in [2.05, 4.69) is 15.6 Å². The first-order valence-electron chi connectivity index (χ1n) is 19.0. The number of rotatable bonds is 18. The molecule has 0 saturated carbocycles. The van der Waals surface area contributed by atoms with Crippen LogP contribution < -0.4 is 22.1 Å². The van der Waals surface area contributed by atoms with Crippen molar-refractivity contribution >= 4 is 47.4 Å². The summed E-state index contributed by atoms with van der Waals surface area (Å²) in [6, 6.07) is 10.3. The van der Waals surface area contributed by atoms with Crippen LogP contribution in [0, 0.1) is 18.2 Å². The first-order valence-corrected chi connectivity index (χ1v) is 19.8. The van der Waals surface area contributed by atoms with Gasteiger partial charge in [0, 0.05) is 37.4 Å². The first-order chi connectivity index (χ1) is 25.9. The molecule has 1 aliphatic heterocycles. The number of aromatic nitrogens is 1. The molecule has 2 aromatic carbocycles. The molecule has 0 unspecified atom stereocenters. The second-order valence-electron chi connectivity index (χ2n) is 15.7. The topological polar surface area (TPSA) is 190 Å². The van der Waals surface area contributed by atoms with Gasteiger partial charge in [-0.1, -0.05) is 57.2 Å². The van der Waals surface area contributed by atoms with Crippen molar-refractivity contribution in [1.29, 1.82) is 0 Å². The van der Waals surface area contributed by atoms with Crippen LogP contribution in [0.2, 0.25) is 0 Å². The average Bonchev–Trinajstić information content (AvgIpc) is 3.75. The summed E-state index contributed by atoms with van der Waals surface area (Å²) in [6.45, 7) is 11.2. The van der Waals surface area contributed by atoms with Crippen molar-refractivity contribution in [3.8, 4) is 10.4 Å². The number of halogens is 2. The molecule has 1 aliphatic rings. The third kappa shape index (κ3) is 13.1. The van der Waals surface area contributed by atoms with Crippen LogP contribution in [0.15, 0.2) is 48.0 Å². The highest BCUT2D eigenvalue weighted by molar-refractivity contribution is 7.13. The molecule has 0 spiro atoms. The molecule has 0 radical (unpaired) electrons. The quantitative estimate of drug-likeness (QED) is 0.108. The fraction of sp³-hybridized carbons (Fsp3) is 0.537. The fourth-order valence-electron chi connectivity index (χ4n) is 6.62. The Morgan fingerprint density at radius 1 is 1.07 bits per heavy atom. The Morgan fingerprint density at radius 2 is 1.77 bits per heavy atom. The molecule has 1 aromatic heterocycles. The van der Waals surface area contributed by atoms with E-state index in [0.717, 1.165) is 27.3 Å². The summed E-state index contributed by atoms with van der Waals surface area (Å²) < 4.78 is 20.6. The zero-order chi connectivity index (χ0) is 40.4. The zero-order valence-corrected chi connectivity index (χ0v) is 34.8. The second-order valence-corrected chi connectivity index (χ2v) is 16.6. The van der Waals surface area contributed by atoms with E-state index in [1.165, 1.54) is 11.0 Å². The zero-order valence-electron chi connectivity index (χ0n) is 33.2. The van der Waals surface area contributed by atoms with Gasteiger partial charge in [-0.25, -0.2) is 9.37 Å². The van der Waals surface area contributed by atoms with E-state index in [0.29, 0.717) is 31.2 Å². The van der Waals surface area contributed by atoms with Gasteiger partial charge in [-0.3, -0.25) is 19.2 Å². The molecular weight excluding hydrogens is 759 g/mol. The van der Waals surface area contributed by atoms with Crippen molar-refractivity contribution < 1.29 is 33.4 Å². The molecule has 0 bridgehead atoms. The summed E-state index contributed by atoms with van der Waals surface area (Å²) in [5.74, 6) is -1.93. The molecule has 15 heteroatoms. The van der Waals surface area contributed by atoms with Gasteiger partial charge in [-0.15, -0.1) is 23.7 Å². The Labute approximate surface area is 339 Å². The number of primary amides is 1. The molecule has 3 aromatic rings. The van der Waals surface area contributed by atoms with Gasteiger partial charge in [-0.2, -0.15) is 0 Å². The number of aryl methyl sites for hydroxylation is 2. The van der Waals surface area contributed by atoms with E-state index >= 15 is 0 Å². The lowest BCUT2D eigenvalue weighted by atomic mass is 9.85. The number of benzene rings is 2. The standard InChI is InChI=1S/C41H57FN6O6S.ClH/c1-24(28-13-15-29(16-14-28)37-25(2)45-23-55-37)46-39(52)34-20-31(49)21-48(34)40(53)38(41(4,5)6)47-36(51)10-8-7-9-27-11-12-30(32(42)19-27)22-54-26(3)33(43)17-18-35(44)50;/h11-16,19,23-24,26,31,33-34,38,49H,7-10,17-18,20-22,43H2,1-6H3,(H2,44,50)(H,46,52)(H,47,51);1H/t24-,26+,31+,33-,34-,38+;/m0./s1. The van der Waals surface area contributed by atoms with E-state index in [1.807, 2.05) is 70.5 Å². The molecule has 4 amide bonds. The van der Waals surface area contributed by atoms with Gasteiger partial charge in [0.2, 0.25) is 23.6 Å². The summed E-state index contributed by atoms with van der Waals surface area (Å²) >= 11 is 1.57. The molecule has 308 valence electrons. The third-order valence-corrected chi connectivity index (χ3v) is 11.1. The Kier molecular flexibility index (Phi) is 17.4. The predicted octanol–water partition coefficient (Wildman–Crippen LogP) is 5.26. The van der Waals surface area contributed by atoms with Crippen LogP contribution in [-0.4, -0.2) is 75.5 Å². The Hall–Kier alpha value is -3.95. The van der Waals surface area contributed by atoms with Gasteiger partial charge in [0.1, 0.15) is 17.9 Å². The maximum atomic E-state index is 14.8. The average molecular weight is 817 g/mol. The van der Waals surface area contributed by atoms with E-state index in [9.17, 15) is 28.7 Å². The number of unbranched alkanes of at least 4 members (excludes halogenated alkanes) is 1. The number of hydrogen-bond acceptors (Lipinski definition) is 9. The number of nitrogens with one attached hydrogen (secondary N) is 2. The highest BCUT2D eigenvalue weighted by Gasteiger charge is 2.44. The molecule has 6 atom stereocenters. The molecule has 12 nitrogen and oxygen atoms in total. The molecule has 7 N–H and O–H groups in total. The number of likely N-dealkylation sites (tertiary alicyclic amines) is 1. The monoisotopic (exact) mass is 816 g/mol. The van der Waals surface area contributed by atoms with Crippen molar-refractivity contribution in [2.45, 2.75) is 129 Å². The summed E-state index contributed by atoms with van der Waals surface area (Å²) in [5, 5.41) is 16.5. The maximum absolute atomic E-state index is 14.8. The lowest BCUT2D eigenvalue weighted by Crippen LogP contribution is -2.57. The number of hydrogen-bond donors (Lipinski definition) is 5. The van der Waals surface area contributed by atoms with Crippen LogP contribution in [-0.2, 0) is 36.9 Å². The van der Waals surface area contributed by atoms with Gasteiger partial charge in [0.15, 0.2) is 0 Å². The van der Waals surface area contributed by atoms with E-state index < -0.39 is 47.3 Å². The largest absolute Gasteiger partial charge is 0.391 e.